The SMILES string of the molecule is CC(=O)N1CCN(C(=O)Cc2sc(-c3ccccc3F)nc2C)CC1. The Morgan fingerprint density at radius 1 is 1.16 bits per heavy atom. The summed E-state index contributed by atoms with van der Waals surface area (Å²) in [6.45, 7) is 5.64. The van der Waals surface area contributed by atoms with E-state index in [1.165, 1.54) is 17.4 Å². The number of carbonyl (C=O) groups excluding carboxylic acids is 2. The molecule has 2 aromatic rings. The van der Waals surface area contributed by atoms with Crippen molar-refractivity contribution >= 4 is 23.2 Å². The maximum atomic E-state index is 13.9. The molecule has 1 aromatic carbocycles. The van der Waals surface area contributed by atoms with Crippen LogP contribution >= 0.6 is 11.3 Å². The van der Waals surface area contributed by atoms with Gasteiger partial charge >= 0.3 is 0 Å². The van der Waals surface area contributed by atoms with Crippen LogP contribution < -0.4 is 0 Å². The third kappa shape index (κ3) is 3.87. The first-order chi connectivity index (χ1) is 12.0. The molecule has 2 amide bonds. The number of piperazine rings is 1. The van der Waals surface area contributed by atoms with Gasteiger partial charge in [-0.15, -0.1) is 11.3 Å². The fourth-order valence-corrected chi connectivity index (χ4v) is 3.94. The van der Waals surface area contributed by atoms with E-state index in [2.05, 4.69) is 4.98 Å². The van der Waals surface area contributed by atoms with Crippen molar-refractivity contribution in [2.45, 2.75) is 20.3 Å². The minimum absolute atomic E-state index is 0.0232. The van der Waals surface area contributed by atoms with E-state index in [-0.39, 0.29) is 24.1 Å². The summed E-state index contributed by atoms with van der Waals surface area (Å²) in [6, 6.07) is 6.52. The smallest absolute Gasteiger partial charge is 0.228 e. The van der Waals surface area contributed by atoms with Crippen molar-refractivity contribution in [1.82, 2.24) is 14.8 Å². The molecule has 0 bridgehead atoms. The van der Waals surface area contributed by atoms with E-state index >= 15 is 0 Å². The van der Waals surface area contributed by atoms with Gasteiger partial charge in [-0.25, -0.2) is 9.37 Å². The Balaban J connectivity index is 1.69. The summed E-state index contributed by atoms with van der Waals surface area (Å²) in [5.41, 5.74) is 1.23. The molecule has 0 radical (unpaired) electrons. The van der Waals surface area contributed by atoms with E-state index in [0.29, 0.717) is 36.8 Å². The Morgan fingerprint density at radius 3 is 2.44 bits per heavy atom. The number of carbonyl (C=O) groups is 2. The second-order valence-electron chi connectivity index (χ2n) is 6.07. The molecule has 2 heterocycles. The summed E-state index contributed by atoms with van der Waals surface area (Å²) in [5, 5.41) is 0.597. The summed E-state index contributed by atoms with van der Waals surface area (Å²) < 4.78 is 13.9. The standard InChI is InChI=1S/C18H20FN3O2S/c1-12-16(25-18(20-12)14-5-3-4-6-15(14)19)11-17(24)22-9-7-21(8-10-22)13(2)23/h3-6H,7-11H2,1-2H3. The van der Waals surface area contributed by atoms with E-state index in [1.807, 2.05) is 6.92 Å². The zero-order valence-corrected chi connectivity index (χ0v) is 15.1. The normalized spacial score (nSPS) is 14.7. The van der Waals surface area contributed by atoms with Crippen molar-refractivity contribution in [2.24, 2.45) is 0 Å². The molecule has 0 aliphatic carbocycles. The first-order valence-electron chi connectivity index (χ1n) is 8.20. The number of amides is 2. The predicted molar refractivity (Wildman–Crippen MR) is 94.8 cm³/mol. The lowest BCUT2D eigenvalue weighted by Crippen LogP contribution is -2.50. The molecule has 3 rings (SSSR count). The van der Waals surface area contributed by atoms with Gasteiger partial charge in [-0.1, -0.05) is 12.1 Å². The molecule has 1 saturated heterocycles. The first-order valence-corrected chi connectivity index (χ1v) is 9.02. The Bertz CT molecular complexity index is 797. The van der Waals surface area contributed by atoms with Crippen LogP contribution in [0.3, 0.4) is 0 Å². The van der Waals surface area contributed by atoms with Gasteiger partial charge in [0.25, 0.3) is 0 Å². The van der Waals surface area contributed by atoms with Crippen LogP contribution in [0.4, 0.5) is 4.39 Å². The number of hydrogen-bond donors (Lipinski definition) is 0. The lowest BCUT2D eigenvalue weighted by atomic mass is 10.2. The quantitative estimate of drug-likeness (QED) is 0.844. The lowest BCUT2D eigenvalue weighted by Gasteiger charge is -2.34. The van der Waals surface area contributed by atoms with Crippen LogP contribution in [-0.4, -0.2) is 52.8 Å². The monoisotopic (exact) mass is 361 g/mol. The molecule has 132 valence electrons. The number of hydrogen-bond acceptors (Lipinski definition) is 4. The largest absolute Gasteiger partial charge is 0.339 e. The summed E-state index contributed by atoms with van der Waals surface area (Å²) in [5.74, 6) is -0.246. The van der Waals surface area contributed by atoms with Crippen molar-refractivity contribution in [1.29, 1.82) is 0 Å². The molecule has 0 unspecified atom stereocenters. The summed E-state index contributed by atoms with van der Waals surface area (Å²) in [7, 11) is 0. The second kappa shape index (κ2) is 7.31. The third-order valence-electron chi connectivity index (χ3n) is 4.39. The van der Waals surface area contributed by atoms with Crippen LogP contribution in [0, 0.1) is 12.7 Å². The first kappa shape index (κ1) is 17.5. The van der Waals surface area contributed by atoms with Gasteiger partial charge in [-0.2, -0.15) is 0 Å². The molecule has 0 spiro atoms. The lowest BCUT2D eigenvalue weighted by molar-refractivity contribution is -0.137. The summed E-state index contributed by atoms with van der Waals surface area (Å²) in [6.07, 6.45) is 0.262. The molecule has 0 N–H and O–H groups in total. The van der Waals surface area contributed by atoms with Crippen LogP contribution in [0.15, 0.2) is 24.3 Å². The van der Waals surface area contributed by atoms with Crippen molar-refractivity contribution < 1.29 is 14.0 Å². The Hall–Kier alpha value is -2.28. The Morgan fingerprint density at radius 2 is 1.80 bits per heavy atom. The molecular formula is C18H20FN3O2S. The highest BCUT2D eigenvalue weighted by Gasteiger charge is 2.24. The minimum Gasteiger partial charge on any atom is -0.339 e. The van der Waals surface area contributed by atoms with E-state index in [9.17, 15) is 14.0 Å². The average Bonchev–Trinajstić information content (AvgIpc) is 2.95. The number of aryl methyl sites for hydroxylation is 1. The topological polar surface area (TPSA) is 53.5 Å². The van der Waals surface area contributed by atoms with Gasteiger partial charge < -0.3 is 9.80 Å². The average molecular weight is 361 g/mol. The van der Waals surface area contributed by atoms with E-state index in [4.69, 9.17) is 0 Å². The second-order valence-corrected chi connectivity index (χ2v) is 7.15. The third-order valence-corrected chi connectivity index (χ3v) is 5.58. The van der Waals surface area contributed by atoms with Crippen molar-refractivity contribution in [3.63, 3.8) is 0 Å². The Kier molecular flexibility index (Phi) is 5.13. The molecule has 1 aliphatic rings. The highest BCUT2D eigenvalue weighted by Crippen LogP contribution is 2.30. The van der Waals surface area contributed by atoms with Gasteiger partial charge in [0.2, 0.25) is 11.8 Å². The van der Waals surface area contributed by atoms with Crippen molar-refractivity contribution in [2.75, 3.05) is 26.2 Å². The van der Waals surface area contributed by atoms with Crippen LogP contribution in [0.5, 0.6) is 0 Å². The molecule has 1 fully saturated rings. The minimum atomic E-state index is -0.311. The van der Waals surface area contributed by atoms with E-state index in [0.717, 1.165) is 10.6 Å². The van der Waals surface area contributed by atoms with Gasteiger partial charge in [-0.3, -0.25) is 9.59 Å². The zero-order valence-electron chi connectivity index (χ0n) is 14.3. The molecule has 25 heavy (non-hydrogen) atoms. The maximum Gasteiger partial charge on any atom is 0.228 e. The molecular weight excluding hydrogens is 341 g/mol. The predicted octanol–water partition coefficient (Wildman–Crippen LogP) is 2.49. The van der Waals surface area contributed by atoms with Crippen molar-refractivity contribution in [3.8, 4) is 10.6 Å². The number of benzene rings is 1. The van der Waals surface area contributed by atoms with E-state index < -0.39 is 0 Å². The van der Waals surface area contributed by atoms with Crippen LogP contribution in [-0.2, 0) is 16.0 Å². The maximum absolute atomic E-state index is 13.9. The van der Waals surface area contributed by atoms with Crippen LogP contribution in [0.25, 0.3) is 10.6 Å². The van der Waals surface area contributed by atoms with Gasteiger partial charge in [0.15, 0.2) is 0 Å². The summed E-state index contributed by atoms with van der Waals surface area (Å²) in [4.78, 5) is 32.7. The van der Waals surface area contributed by atoms with Crippen molar-refractivity contribution in [3.05, 3.63) is 40.7 Å². The highest BCUT2D eigenvalue weighted by atomic mass is 32.1. The zero-order chi connectivity index (χ0) is 18.0. The molecule has 0 saturated carbocycles. The highest BCUT2D eigenvalue weighted by molar-refractivity contribution is 7.15. The molecule has 0 atom stereocenters. The van der Waals surface area contributed by atoms with Gasteiger partial charge in [-0.05, 0) is 19.1 Å². The van der Waals surface area contributed by atoms with Gasteiger partial charge in [0.1, 0.15) is 10.8 Å². The number of halogens is 1. The van der Waals surface area contributed by atoms with E-state index in [1.54, 1.807) is 34.9 Å². The van der Waals surface area contributed by atoms with Gasteiger partial charge in [0.05, 0.1) is 12.1 Å². The molecule has 5 nitrogen and oxygen atoms in total. The fraction of sp³-hybridized carbons (Fsp3) is 0.389. The molecule has 1 aromatic heterocycles. The molecule has 1 aliphatic heterocycles. The van der Waals surface area contributed by atoms with Crippen LogP contribution in [0.2, 0.25) is 0 Å². The van der Waals surface area contributed by atoms with Crippen LogP contribution in [0.1, 0.15) is 17.5 Å². The Labute approximate surface area is 150 Å². The number of aromatic nitrogens is 1. The summed E-state index contributed by atoms with van der Waals surface area (Å²) >= 11 is 1.36. The number of thiazole rings is 1. The molecule has 7 heteroatoms. The fourth-order valence-electron chi connectivity index (χ4n) is 2.86. The number of rotatable bonds is 3. The van der Waals surface area contributed by atoms with Gasteiger partial charge in [0, 0.05) is 43.5 Å². The number of nitrogens with zero attached hydrogens (tertiary/aromatic N) is 3.